The van der Waals surface area contributed by atoms with Gasteiger partial charge in [0, 0.05) is 18.5 Å². The maximum absolute atomic E-state index is 12.9. The van der Waals surface area contributed by atoms with Crippen LogP contribution in [-0.2, 0) is 16.1 Å². The number of amides is 1. The Morgan fingerprint density at radius 3 is 2.73 bits per heavy atom. The third kappa shape index (κ3) is 2.85. The minimum Gasteiger partial charge on any atom is -0.333 e. The van der Waals surface area contributed by atoms with Crippen LogP contribution in [0.3, 0.4) is 0 Å². The van der Waals surface area contributed by atoms with Crippen molar-refractivity contribution in [2.75, 3.05) is 6.54 Å². The number of hydrogen-bond donors (Lipinski definition) is 0. The second-order valence-corrected chi connectivity index (χ2v) is 7.08. The first-order chi connectivity index (χ1) is 12.5. The fourth-order valence-electron chi connectivity index (χ4n) is 4.06. The standard InChI is InChI=1S/C20H22N4O2/c1-13-11-23(12-19-22-21-14(2)24(13)19)20(26)10-17-16(8-9-18(17)25)15-6-4-3-5-7-15/h3-7,13H,8-12H2,1-2H3/t13-/m1/s1. The highest BCUT2D eigenvalue weighted by Gasteiger charge is 2.31. The smallest absolute Gasteiger partial charge is 0.227 e. The number of aryl methyl sites for hydroxylation is 1. The first-order valence-corrected chi connectivity index (χ1v) is 9.03. The van der Waals surface area contributed by atoms with Crippen molar-refractivity contribution in [3.8, 4) is 0 Å². The van der Waals surface area contributed by atoms with Crippen LogP contribution in [0.4, 0.5) is 0 Å². The third-order valence-corrected chi connectivity index (χ3v) is 5.30. The number of carbonyl (C=O) groups is 2. The topological polar surface area (TPSA) is 68.1 Å². The van der Waals surface area contributed by atoms with Crippen molar-refractivity contribution >= 4 is 17.3 Å². The maximum atomic E-state index is 12.9. The number of rotatable bonds is 3. The number of allylic oxidation sites excluding steroid dienone is 1. The van der Waals surface area contributed by atoms with Crippen LogP contribution in [0.2, 0.25) is 0 Å². The zero-order valence-corrected chi connectivity index (χ0v) is 15.1. The molecule has 6 nitrogen and oxygen atoms in total. The van der Waals surface area contributed by atoms with Gasteiger partial charge in [-0.3, -0.25) is 9.59 Å². The molecule has 0 radical (unpaired) electrons. The van der Waals surface area contributed by atoms with Crippen molar-refractivity contribution < 1.29 is 9.59 Å². The second kappa shape index (κ2) is 6.52. The molecule has 1 aromatic carbocycles. The lowest BCUT2D eigenvalue weighted by atomic mass is 9.99. The average Bonchev–Trinajstić information content (AvgIpc) is 3.19. The first-order valence-electron chi connectivity index (χ1n) is 9.03. The van der Waals surface area contributed by atoms with E-state index in [1.54, 1.807) is 4.90 Å². The van der Waals surface area contributed by atoms with Gasteiger partial charge in [0.15, 0.2) is 11.6 Å². The quantitative estimate of drug-likeness (QED) is 0.853. The predicted molar refractivity (Wildman–Crippen MR) is 97.1 cm³/mol. The summed E-state index contributed by atoms with van der Waals surface area (Å²) in [4.78, 5) is 27.1. The molecule has 0 unspecified atom stereocenters. The van der Waals surface area contributed by atoms with E-state index in [4.69, 9.17) is 0 Å². The van der Waals surface area contributed by atoms with Crippen molar-refractivity contribution in [3.05, 3.63) is 53.1 Å². The molecule has 1 aliphatic carbocycles. The summed E-state index contributed by atoms with van der Waals surface area (Å²) in [5.41, 5.74) is 2.74. The van der Waals surface area contributed by atoms with Gasteiger partial charge in [-0.1, -0.05) is 30.3 Å². The molecule has 0 fully saturated rings. The lowest BCUT2D eigenvalue weighted by Crippen LogP contribution is -2.40. The summed E-state index contributed by atoms with van der Waals surface area (Å²) >= 11 is 0. The largest absolute Gasteiger partial charge is 0.333 e. The molecule has 1 aromatic heterocycles. The van der Waals surface area contributed by atoms with E-state index in [1.165, 1.54) is 0 Å². The van der Waals surface area contributed by atoms with Gasteiger partial charge in [-0.25, -0.2) is 0 Å². The van der Waals surface area contributed by atoms with Crippen molar-refractivity contribution in [1.29, 1.82) is 0 Å². The number of nitrogens with zero attached hydrogens (tertiary/aromatic N) is 4. The van der Waals surface area contributed by atoms with Crippen LogP contribution in [0.25, 0.3) is 5.57 Å². The van der Waals surface area contributed by atoms with E-state index >= 15 is 0 Å². The van der Waals surface area contributed by atoms with Crippen LogP contribution in [0.1, 0.15) is 49.4 Å². The minimum atomic E-state index is -0.0116. The second-order valence-electron chi connectivity index (χ2n) is 7.08. The summed E-state index contributed by atoms with van der Waals surface area (Å²) in [7, 11) is 0. The van der Waals surface area contributed by atoms with Crippen LogP contribution >= 0.6 is 0 Å². The number of hydrogen-bond acceptors (Lipinski definition) is 4. The predicted octanol–water partition coefficient (Wildman–Crippen LogP) is 2.70. The molecule has 1 atom stereocenters. The van der Waals surface area contributed by atoms with Gasteiger partial charge in [-0.2, -0.15) is 0 Å². The lowest BCUT2D eigenvalue weighted by Gasteiger charge is -2.32. The molecule has 26 heavy (non-hydrogen) atoms. The molecule has 0 saturated heterocycles. The number of ketones is 1. The van der Waals surface area contributed by atoms with E-state index in [-0.39, 0.29) is 24.2 Å². The Bertz CT molecular complexity index is 898. The van der Waals surface area contributed by atoms with Gasteiger partial charge < -0.3 is 9.47 Å². The molecule has 1 aliphatic heterocycles. The Kier molecular flexibility index (Phi) is 4.18. The highest BCUT2D eigenvalue weighted by Crippen LogP contribution is 2.34. The molecule has 0 saturated carbocycles. The fourth-order valence-corrected chi connectivity index (χ4v) is 4.06. The highest BCUT2D eigenvalue weighted by atomic mass is 16.2. The van der Waals surface area contributed by atoms with Crippen molar-refractivity contribution in [1.82, 2.24) is 19.7 Å². The number of benzene rings is 1. The monoisotopic (exact) mass is 350 g/mol. The van der Waals surface area contributed by atoms with Gasteiger partial charge in [-0.05, 0) is 31.4 Å². The Labute approximate surface area is 152 Å². The molecule has 2 aromatic rings. The SMILES string of the molecule is Cc1nnc2n1[C@H](C)CN(C(=O)CC1=C(c3ccccc3)CCC1=O)C2. The summed E-state index contributed by atoms with van der Waals surface area (Å²) in [6, 6.07) is 10.0. The van der Waals surface area contributed by atoms with E-state index in [1.807, 2.05) is 37.3 Å². The number of carbonyl (C=O) groups excluding carboxylic acids is 2. The molecule has 2 heterocycles. The number of aromatic nitrogens is 3. The molecule has 4 rings (SSSR count). The Balaban J connectivity index is 1.57. The number of Topliss-reactive ketones (excluding diaryl/α,β-unsaturated/α-hetero) is 1. The molecule has 2 aliphatic rings. The van der Waals surface area contributed by atoms with Gasteiger partial charge >= 0.3 is 0 Å². The molecule has 1 amide bonds. The molecule has 0 N–H and O–H groups in total. The van der Waals surface area contributed by atoms with Crippen LogP contribution < -0.4 is 0 Å². The van der Waals surface area contributed by atoms with E-state index < -0.39 is 0 Å². The zero-order valence-electron chi connectivity index (χ0n) is 15.1. The summed E-state index contributed by atoms with van der Waals surface area (Å²) < 4.78 is 2.08. The Hall–Kier alpha value is -2.76. The maximum Gasteiger partial charge on any atom is 0.227 e. The van der Waals surface area contributed by atoms with Gasteiger partial charge in [0.2, 0.25) is 5.91 Å². The Morgan fingerprint density at radius 2 is 1.96 bits per heavy atom. The molecular weight excluding hydrogens is 328 g/mol. The molecule has 6 heteroatoms. The molecule has 0 bridgehead atoms. The van der Waals surface area contributed by atoms with E-state index in [9.17, 15) is 9.59 Å². The Morgan fingerprint density at radius 1 is 1.19 bits per heavy atom. The van der Waals surface area contributed by atoms with Gasteiger partial charge in [0.1, 0.15) is 5.82 Å². The summed E-state index contributed by atoms with van der Waals surface area (Å²) in [6.07, 6.45) is 1.38. The van der Waals surface area contributed by atoms with Crippen LogP contribution in [0.15, 0.2) is 35.9 Å². The van der Waals surface area contributed by atoms with Crippen LogP contribution in [0.5, 0.6) is 0 Å². The van der Waals surface area contributed by atoms with Gasteiger partial charge in [-0.15, -0.1) is 10.2 Å². The first kappa shape index (κ1) is 16.7. The molecular formula is C20H22N4O2. The van der Waals surface area contributed by atoms with E-state index in [0.29, 0.717) is 25.1 Å². The minimum absolute atomic E-state index is 0.0116. The molecule has 0 spiro atoms. The van der Waals surface area contributed by atoms with E-state index in [2.05, 4.69) is 21.7 Å². The fraction of sp³-hybridized carbons (Fsp3) is 0.400. The van der Waals surface area contributed by atoms with Crippen LogP contribution in [-0.4, -0.2) is 37.9 Å². The van der Waals surface area contributed by atoms with Crippen molar-refractivity contribution in [2.45, 2.75) is 45.7 Å². The normalized spacial score (nSPS) is 19.8. The number of fused-ring (bicyclic) bond motifs is 1. The third-order valence-electron chi connectivity index (χ3n) is 5.30. The van der Waals surface area contributed by atoms with Gasteiger partial charge in [0.05, 0.1) is 19.0 Å². The average molecular weight is 350 g/mol. The van der Waals surface area contributed by atoms with Crippen molar-refractivity contribution in [3.63, 3.8) is 0 Å². The zero-order chi connectivity index (χ0) is 18.3. The summed E-state index contributed by atoms with van der Waals surface area (Å²) in [5, 5.41) is 8.31. The summed E-state index contributed by atoms with van der Waals surface area (Å²) in [6.45, 7) is 5.06. The molecule has 134 valence electrons. The van der Waals surface area contributed by atoms with Crippen molar-refractivity contribution in [2.24, 2.45) is 0 Å². The highest BCUT2D eigenvalue weighted by molar-refractivity contribution is 6.10. The van der Waals surface area contributed by atoms with E-state index in [0.717, 1.165) is 29.2 Å². The van der Waals surface area contributed by atoms with Gasteiger partial charge in [0.25, 0.3) is 0 Å². The lowest BCUT2D eigenvalue weighted by molar-refractivity contribution is -0.133. The summed E-state index contributed by atoms with van der Waals surface area (Å²) in [5.74, 6) is 1.77. The van der Waals surface area contributed by atoms with Crippen LogP contribution in [0, 0.1) is 6.92 Å².